The van der Waals surface area contributed by atoms with Gasteiger partial charge in [0.2, 0.25) is 0 Å². The molecule has 1 aromatic carbocycles. The lowest BCUT2D eigenvalue weighted by Crippen LogP contribution is -2.22. The Kier molecular flexibility index (Phi) is 4.61. The summed E-state index contributed by atoms with van der Waals surface area (Å²) in [7, 11) is 1.31. The molecule has 0 amide bonds. The van der Waals surface area contributed by atoms with E-state index in [2.05, 4.69) is 15.0 Å². The Balaban J connectivity index is 1.97. The number of allylic oxidation sites excluding steroid dienone is 1. The van der Waals surface area contributed by atoms with E-state index >= 15 is 0 Å². The lowest BCUT2D eigenvalue weighted by molar-refractivity contribution is 0.407. The quantitative estimate of drug-likeness (QED) is 0.572. The summed E-state index contributed by atoms with van der Waals surface area (Å²) in [6.07, 6.45) is 4.20. The van der Waals surface area contributed by atoms with E-state index in [1.54, 1.807) is 13.8 Å². The molecule has 150 valence electrons. The summed E-state index contributed by atoms with van der Waals surface area (Å²) >= 11 is 6.27. The highest BCUT2D eigenvalue weighted by molar-refractivity contribution is 6.25. The number of aromatic nitrogens is 4. The molecule has 0 N–H and O–H groups in total. The molecule has 2 heterocycles. The summed E-state index contributed by atoms with van der Waals surface area (Å²) in [5.74, 6) is -2.14. The molecule has 9 heteroatoms. The van der Waals surface area contributed by atoms with Crippen LogP contribution in [-0.4, -0.2) is 31.5 Å². The normalized spacial score (nSPS) is 18.4. The smallest absolute Gasteiger partial charge is 0.150 e. The fourth-order valence-corrected chi connectivity index (χ4v) is 3.70. The molecule has 5 nitrogen and oxygen atoms in total. The van der Waals surface area contributed by atoms with Gasteiger partial charge < -0.3 is 4.74 Å². The number of fused-ring (bicyclic) bond motifs is 1. The first-order valence-electron chi connectivity index (χ1n) is 8.71. The maximum atomic E-state index is 14.9. The highest BCUT2D eigenvalue weighted by Gasteiger charge is 2.33. The van der Waals surface area contributed by atoms with Gasteiger partial charge in [-0.15, -0.1) is 11.6 Å². The molecular weight excluding hydrogens is 405 g/mol. The molecule has 1 aliphatic carbocycles. The van der Waals surface area contributed by atoms with E-state index in [1.807, 2.05) is 0 Å². The fraction of sp³-hybridized carbons (Fsp3) is 0.250. The van der Waals surface area contributed by atoms with Crippen molar-refractivity contribution >= 4 is 17.4 Å². The molecule has 29 heavy (non-hydrogen) atoms. The number of halogens is 4. The fourth-order valence-electron chi connectivity index (χ4n) is 3.48. The van der Waals surface area contributed by atoms with Crippen LogP contribution in [0, 0.1) is 18.6 Å². The zero-order valence-electron chi connectivity index (χ0n) is 15.8. The summed E-state index contributed by atoms with van der Waals surface area (Å²) in [5, 5.41) is 0. The molecule has 0 bridgehead atoms. The molecule has 3 aromatic rings. The number of alkyl halides is 1. The van der Waals surface area contributed by atoms with Crippen LogP contribution in [0.25, 0.3) is 22.8 Å². The maximum absolute atomic E-state index is 14.9. The Hall–Kier alpha value is -2.87. The van der Waals surface area contributed by atoms with E-state index in [-0.39, 0.29) is 28.4 Å². The van der Waals surface area contributed by atoms with Gasteiger partial charge in [0.05, 0.1) is 34.5 Å². The molecule has 1 aliphatic rings. The molecule has 4 rings (SSSR count). The minimum atomic E-state index is -0.908. The van der Waals surface area contributed by atoms with Crippen LogP contribution in [-0.2, 0) is 6.42 Å². The zero-order chi connectivity index (χ0) is 20.9. The van der Waals surface area contributed by atoms with Crippen LogP contribution in [0.2, 0.25) is 0 Å². The van der Waals surface area contributed by atoms with Gasteiger partial charge >= 0.3 is 0 Å². The Labute approximate surface area is 169 Å². The first-order chi connectivity index (χ1) is 13.7. The first-order valence-corrected chi connectivity index (χ1v) is 9.09. The van der Waals surface area contributed by atoms with E-state index in [0.29, 0.717) is 17.8 Å². The molecule has 2 aromatic heterocycles. The van der Waals surface area contributed by atoms with E-state index in [9.17, 15) is 13.2 Å². The Morgan fingerprint density at radius 1 is 1.10 bits per heavy atom. The van der Waals surface area contributed by atoms with Crippen LogP contribution in [0.5, 0.6) is 5.75 Å². The molecule has 1 unspecified atom stereocenters. The number of benzene rings is 1. The molecule has 0 spiro atoms. The van der Waals surface area contributed by atoms with Crippen LogP contribution in [0.1, 0.15) is 24.0 Å². The van der Waals surface area contributed by atoms with Gasteiger partial charge in [-0.2, -0.15) is 0 Å². The third-order valence-corrected chi connectivity index (χ3v) is 5.00. The van der Waals surface area contributed by atoms with Gasteiger partial charge in [0.25, 0.3) is 0 Å². The van der Waals surface area contributed by atoms with Gasteiger partial charge in [0, 0.05) is 18.6 Å². The van der Waals surface area contributed by atoms with Crippen molar-refractivity contribution in [1.82, 2.24) is 19.5 Å². The summed E-state index contributed by atoms with van der Waals surface area (Å²) in [6, 6.07) is 2.13. The van der Waals surface area contributed by atoms with Crippen molar-refractivity contribution < 1.29 is 17.9 Å². The molecule has 0 aliphatic heterocycles. The number of hydrogen-bond acceptors (Lipinski definition) is 4. The van der Waals surface area contributed by atoms with Crippen molar-refractivity contribution in [2.24, 2.45) is 0 Å². The number of rotatable bonds is 3. The SMILES string of the molecule is COc1cc(F)c(-c2c(C)ncnc2-n2cnc3c2C(F)=CC(C)(Cl)C3)c(F)c1. The van der Waals surface area contributed by atoms with Crippen molar-refractivity contribution in [2.75, 3.05) is 7.11 Å². The number of methoxy groups -OCH3 is 1. The Morgan fingerprint density at radius 2 is 1.79 bits per heavy atom. The monoisotopic (exact) mass is 420 g/mol. The van der Waals surface area contributed by atoms with Gasteiger partial charge in [-0.1, -0.05) is 0 Å². The van der Waals surface area contributed by atoms with Crippen molar-refractivity contribution in [3.8, 4) is 22.7 Å². The molecular formula is C20H16ClF3N4O. The van der Waals surface area contributed by atoms with Crippen molar-refractivity contribution in [1.29, 1.82) is 0 Å². The minimum absolute atomic E-state index is 0.0372. The van der Waals surface area contributed by atoms with Gasteiger partial charge in [0.15, 0.2) is 0 Å². The first kappa shape index (κ1) is 19.4. The molecule has 0 fully saturated rings. The van der Waals surface area contributed by atoms with E-state index in [1.165, 1.54) is 30.4 Å². The second-order valence-corrected chi connectivity index (χ2v) is 7.84. The predicted molar refractivity (Wildman–Crippen MR) is 103 cm³/mol. The van der Waals surface area contributed by atoms with Crippen molar-refractivity contribution in [3.63, 3.8) is 0 Å². The highest BCUT2D eigenvalue weighted by atomic mass is 35.5. The Morgan fingerprint density at radius 3 is 2.45 bits per heavy atom. The van der Waals surface area contributed by atoms with Crippen molar-refractivity contribution in [2.45, 2.75) is 25.1 Å². The summed E-state index contributed by atoms with van der Waals surface area (Å²) < 4.78 is 50.7. The number of hydrogen-bond donors (Lipinski definition) is 0. The molecule has 0 radical (unpaired) electrons. The second-order valence-electron chi connectivity index (χ2n) is 6.98. The number of nitrogens with zero attached hydrogens (tertiary/aromatic N) is 4. The van der Waals surface area contributed by atoms with Crippen LogP contribution in [0.15, 0.2) is 30.9 Å². The predicted octanol–water partition coefficient (Wildman–Crippen LogP) is 4.79. The number of aryl methyl sites for hydroxylation is 1. The van der Waals surface area contributed by atoms with Crippen LogP contribution in [0.3, 0.4) is 0 Å². The summed E-state index contributed by atoms with van der Waals surface area (Å²) in [6.45, 7) is 3.27. The van der Waals surface area contributed by atoms with Crippen molar-refractivity contribution in [3.05, 3.63) is 59.6 Å². The topological polar surface area (TPSA) is 52.8 Å². The zero-order valence-corrected chi connectivity index (χ0v) is 16.6. The average molecular weight is 421 g/mol. The van der Waals surface area contributed by atoms with E-state index in [0.717, 1.165) is 12.1 Å². The number of imidazole rings is 1. The van der Waals surface area contributed by atoms with E-state index < -0.39 is 22.3 Å². The van der Waals surface area contributed by atoms with Gasteiger partial charge in [-0.3, -0.25) is 4.57 Å². The minimum Gasteiger partial charge on any atom is -0.497 e. The second kappa shape index (κ2) is 6.88. The van der Waals surface area contributed by atoms with Crippen LogP contribution >= 0.6 is 11.6 Å². The molecule has 1 atom stereocenters. The van der Waals surface area contributed by atoms with E-state index in [4.69, 9.17) is 16.3 Å². The average Bonchev–Trinajstić information content (AvgIpc) is 3.04. The molecule has 0 saturated heterocycles. The molecule has 0 saturated carbocycles. The lowest BCUT2D eigenvalue weighted by Gasteiger charge is -2.23. The van der Waals surface area contributed by atoms with Crippen LogP contribution < -0.4 is 4.74 Å². The van der Waals surface area contributed by atoms with Gasteiger partial charge in [-0.05, 0) is 19.9 Å². The third kappa shape index (κ3) is 3.27. The third-order valence-electron chi connectivity index (χ3n) is 4.76. The summed E-state index contributed by atoms with van der Waals surface area (Å²) in [4.78, 5) is 11.6. The number of ether oxygens (including phenoxy) is 1. The van der Waals surface area contributed by atoms with Crippen LogP contribution in [0.4, 0.5) is 13.2 Å². The standard InChI is InChI=1S/C20H16ClF3N4O/c1-10-16(17-12(22)4-11(29-3)5-13(17)23)19(26-8-25-10)28-9-27-15-7-20(2,21)6-14(24)18(15)28/h4-6,8-9H,7H2,1-3H3. The Bertz CT molecular complexity index is 1130. The lowest BCUT2D eigenvalue weighted by atomic mass is 9.96. The highest BCUT2D eigenvalue weighted by Crippen LogP contribution is 2.39. The van der Waals surface area contributed by atoms with Gasteiger partial charge in [-0.25, -0.2) is 28.1 Å². The largest absolute Gasteiger partial charge is 0.497 e. The van der Waals surface area contributed by atoms with Gasteiger partial charge in [0.1, 0.15) is 47.4 Å². The maximum Gasteiger partial charge on any atom is 0.150 e. The summed E-state index contributed by atoms with van der Waals surface area (Å²) in [5.41, 5.74) is 0.668.